The maximum absolute atomic E-state index is 11.7. The van der Waals surface area contributed by atoms with Crippen LogP contribution in [-0.4, -0.2) is 30.2 Å². The fourth-order valence-corrected chi connectivity index (χ4v) is 5.53. The third kappa shape index (κ3) is 5.18. The Labute approximate surface area is 236 Å². The minimum atomic E-state index is -0.917. The number of fused-ring (bicyclic) bond motifs is 1. The summed E-state index contributed by atoms with van der Waals surface area (Å²) in [7, 11) is 2.10. The third-order valence-electron chi connectivity index (χ3n) is 7.70. The average Bonchev–Trinajstić information content (AvgIpc) is 3.41. The van der Waals surface area contributed by atoms with E-state index in [1.807, 2.05) is 24.3 Å². The van der Waals surface area contributed by atoms with Gasteiger partial charge in [0.25, 0.3) is 0 Å². The molecule has 0 aliphatic heterocycles. The first-order valence-corrected chi connectivity index (χ1v) is 14.1. The summed E-state index contributed by atoms with van der Waals surface area (Å²) in [5, 5.41) is 9.62. The van der Waals surface area contributed by atoms with Crippen LogP contribution in [0.3, 0.4) is 0 Å². The number of rotatable bonds is 9. The van der Waals surface area contributed by atoms with Crippen molar-refractivity contribution in [3.05, 3.63) is 94.6 Å². The quantitative estimate of drug-likeness (QED) is 0.211. The number of hydrogen-bond acceptors (Lipinski definition) is 3. The highest BCUT2D eigenvalue weighted by Crippen LogP contribution is 2.31. The molecule has 0 aliphatic carbocycles. The van der Waals surface area contributed by atoms with Crippen molar-refractivity contribution in [3.63, 3.8) is 0 Å². The van der Waals surface area contributed by atoms with E-state index in [9.17, 15) is 9.90 Å². The Morgan fingerprint density at radius 2 is 1.70 bits per heavy atom. The molecule has 0 unspecified atom stereocenters. The van der Waals surface area contributed by atoms with Crippen molar-refractivity contribution in [2.45, 2.75) is 60.4 Å². The topological polar surface area (TPSA) is 72.9 Å². The third-order valence-corrected chi connectivity index (χ3v) is 7.70. The van der Waals surface area contributed by atoms with Gasteiger partial charge in [0.1, 0.15) is 11.6 Å². The smallest absolute Gasteiger partial charge is 0.336 e. The molecule has 0 saturated carbocycles. The minimum Gasteiger partial charge on any atom is -0.478 e. The normalized spacial score (nSPS) is 11.6. The molecule has 5 rings (SSSR count). The van der Waals surface area contributed by atoms with Crippen LogP contribution in [0.2, 0.25) is 0 Å². The average molecular weight is 535 g/mol. The summed E-state index contributed by atoms with van der Waals surface area (Å²) in [5.74, 6) is 1.70. The lowest BCUT2D eigenvalue weighted by Crippen LogP contribution is -2.05. The van der Waals surface area contributed by atoms with E-state index in [-0.39, 0.29) is 0 Å². The standard InChI is InChI=1S/C34H38N4O2/c1-7-10-31-36-32-22(4)18-26(33-35-29(17-21(2)3)23(5)37(33)6)19-30(32)38(31)20-24-13-15-25(16-14-24)27-11-8-9-12-28(27)34(39)40/h8-9,11-16,18-19,21H,7,10,17,20H2,1-6H3,(H,39,40). The molecule has 40 heavy (non-hydrogen) atoms. The number of nitrogens with zero attached hydrogens (tertiary/aromatic N) is 4. The van der Waals surface area contributed by atoms with Crippen LogP contribution in [0.25, 0.3) is 33.5 Å². The van der Waals surface area contributed by atoms with Crippen molar-refractivity contribution >= 4 is 17.0 Å². The number of aromatic nitrogens is 4. The van der Waals surface area contributed by atoms with Gasteiger partial charge in [-0.25, -0.2) is 14.8 Å². The fourth-order valence-electron chi connectivity index (χ4n) is 5.53. The lowest BCUT2D eigenvalue weighted by atomic mass is 9.98. The Morgan fingerprint density at radius 3 is 2.38 bits per heavy atom. The molecule has 2 heterocycles. The number of aromatic carboxylic acids is 1. The molecule has 206 valence electrons. The molecule has 0 atom stereocenters. The molecule has 0 spiro atoms. The first-order valence-electron chi connectivity index (χ1n) is 14.1. The van der Waals surface area contributed by atoms with E-state index in [4.69, 9.17) is 9.97 Å². The van der Waals surface area contributed by atoms with Crippen molar-refractivity contribution < 1.29 is 9.90 Å². The number of carboxylic acids is 1. The zero-order valence-electron chi connectivity index (χ0n) is 24.3. The predicted molar refractivity (Wildman–Crippen MR) is 162 cm³/mol. The van der Waals surface area contributed by atoms with Gasteiger partial charge in [0.15, 0.2) is 0 Å². The Morgan fingerprint density at radius 1 is 0.975 bits per heavy atom. The Balaban J connectivity index is 1.56. The van der Waals surface area contributed by atoms with Crippen molar-refractivity contribution in [2.75, 3.05) is 0 Å². The monoisotopic (exact) mass is 534 g/mol. The Kier molecular flexibility index (Phi) is 7.61. The van der Waals surface area contributed by atoms with Crippen LogP contribution in [0.1, 0.15) is 65.9 Å². The summed E-state index contributed by atoms with van der Waals surface area (Å²) < 4.78 is 4.54. The van der Waals surface area contributed by atoms with Crippen molar-refractivity contribution in [1.82, 2.24) is 19.1 Å². The van der Waals surface area contributed by atoms with Gasteiger partial charge in [-0.05, 0) is 73.1 Å². The lowest BCUT2D eigenvalue weighted by Gasteiger charge is -2.12. The Hall–Kier alpha value is -4.19. The number of aryl methyl sites for hydroxylation is 2. The molecule has 0 aliphatic rings. The number of carbonyl (C=O) groups is 1. The van der Waals surface area contributed by atoms with Crippen LogP contribution in [0.15, 0.2) is 60.7 Å². The summed E-state index contributed by atoms with van der Waals surface area (Å²) in [4.78, 5) is 21.9. The van der Waals surface area contributed by atoms with Crippen LogP contribution in [0, 0.1) is 19.8 Å². The first-order chi connectivity index (χ1) is 19.2. The van der Waals surface area contributed by atoms with E-state index in [0.29, 0.717) is 18.0 Å². The van der Waals surface area contributed by atoms with E-state index in [1.54, 1.807) is 12.1 Å². The second-order valence-corrected chi connectivity index (χ2v) is 11.2. The fraction of sp³-hybridized carbons (Fsp3) is 0.324. The largest absolute Gasteiger partial charge is 0.478 e. The van der Waals surface area contributed by atoms with Gasteiger partial charge in [0.2, 0.25) is 0 Å². The van der Waals surface area contributed by atoms with Gasteiger partial charge >= 0.3 is 5.97 Å². The van der Waals surface area contributed by atoms with Gasteiger partial charge < -0.3 is 14.2 Å². The maximum atomic E-state index is 11.7. The van der Waals surface area contributed by atoms with Crippen LogP contribution in [0.5, 0.6) is 0 Å². The number of benzene rings is 3. The molecule has 3 aromatic carbocycles. The second-order valence-electron chi connectivity index (χ2n) is 11.2. The van der Waals surface area contributed by atoms with Gasteiger partial charge in [-0.1, -0.05) is 63.2 Å². The minimum absolute atomic E-state index is 0.310. The van der Waals surface area contributed by atoms with Crippen molar-refractivity contribution in [2.24, 2.45) is 13.0 Å². The highest BCUT2D eigenvalue weighted by Gasteiger charge is 2.19. The molecule has 0 saturated heterocycles. The van der Waals surface area contributed by atoms with Crippen LogP contribution in [-0.2, 0) is 26.4 Å². The maximum Gasteiger partial charge on any atom is 0.336 e. The molecule has 0 amide bonds. The zero-order valence-corrected chi connectivity index (χ0v) is 24.3. The van der Waals surface area contributed by atoms with Gasteiger partial charge in [0, 0.05) is 31.3 Å². The molecular weight excluding hydrogens is 496 g/mol. The van der Waals surface area contributed by atoms with Gasteiger partial charge in [0.05, 0.1) is 22.3 Å². The molecule has 0 radical (unpaired) electrons. The van der Waals surface area contributed by atoms with Crippen LogP contribution < -0.4 is 0 Å². The zero-order chi connectivity index (χ0) is 28.6. The summed E-state index contributed by atoms with van der Waals surface area (Å²) in [5.41, 5.74) is 9.85. The van der Waals surface area contributed by atoms with E-state index < -0.39 is 5.97 Å². The molecule has 6 heteroatoms. The molecular formula is C34H38N4O2. The van der Waals surface area contributed by atoms with Gasteiger partial charge in [-0.15, -0.1) is 0 Å². The number of carboxylic acid groups (broad SMARTS) is 1. The summed E-state index contributed by atoms with van der Waals surface area (Å²) in [6.07, 6.45) is 2.87. The SMILES string of the molecule is CCCc1nc2c(C)cc(-c3nc(CC(C)C)c(C)n3C)cc2n1Cc1ccc(-c2ccccc2C(=O)O)cc1. The summed E-state index contributed by atoms with van der Waals surface area (Å²) >= 11 is 0. The van der Waals surface area contributed by atoms with Gasteiger partial charge in [-0.2, -0.15) is 0 Å². The van der Waals surface area contributed by atoms with E-state index >= 15 is 0 Å². The molecule has 0 fully saturated rings. The van der Waals surface area contributed by atoms with Crippen LogP contribution in [0.4, 0.5) is 0 Å². The molecule has 6 nitrogen and oxygen atoms in total. The summed E-state index contributed by atoms with van der Waals surface area (Å²) in [6.45, 7) is 11.6. The number of hydrogen-bond donors (Lipinski definition) is 1. The number of imidazole rings is 2. The molecule has 2 aromatic heterocycles. The second kappa shape index (κ2) is 11.1. The molecule has 1 N–H and O–H groups in total. The first kappa shape index (κ1) is 27.4. The van der Waals surface area contributed by atoms with Crippen molar-refractivity contribution in [1.29, 1.82) is 0 Å². The molecule has 5 aromatic rings. The lowest BCUT2D eigenvalue weighted by molar-refractivity contribution is 0.0697. The van der Waals surface area contributed by atoms with E-state index in [0.717, 1.165) is 75.5 Å². The summed E-state index contributed by atoms with van der Waals surface area (Å²) in [6, 6.07) is 19.8. The van der Waals surface area contributed by atoms with E-state index in [1.165, 1.54) is 5.69 Å². The van der Waals surface area contributed by atoms with E-state index in [2.05, 4.69) is 75.1 Å². The Bertz CT molecular complexity index is 1690. The highest BCUT2D eigenvalue weighted by atomic mass is 16.4. The highest BCUT2D eigenvalue weighted by molar-refractivity contribution is 5.96. The van der Waals surface area contributed by atoms with Crippen molar-refractivity contribution in [3.8, 4) is 22.5 Å². The predicted octanol–water partition coefficient (Wildman–Crippen LogP) is 7.62. The molecule has 0 bridgehead atoms. The van der Waals surface area contributed by atoms with Crippen LogP contribution >= 0.6 is 0 Å². The van der Waals surface area contributed by atoms with Gasteiger partial charge in [-0.3, -0.25) is 0 Å².